The van der Waals surface area contributed by atoms with Gasteiger partial charge in [-0.25, -0.2) is 4.79 Å². The average molecular weight is 451 g/mol. The number of benzene rings is 1. The molecule has 3 atom stereocenters. The predicted octanol–water partition coefficient (Wildman–Crippen LogP) is 0.135. The number of nitrogens with one attached hydrogen (secondary N) is 3. The van der Waals surface area contributed by atoms with Gasteiger partial charge in [0.25, 0.3) is 0 Å². The molecule has 7 N–H and O–H groups in total. The second-order valence-electron chi connectivity index (χ2n) is 8.51. The normalized spacial score (nSPS) is 13.8. The summed E-state index contributed by atoms with van der Waals surface area (Å²) in [5.41, 5.74) is 6.73. The number of hydrogen-bond acceptors (Lipinski definition) is 6. The number of amides is 3. The number of carbonyl (C=O) groups excluding carboxylic acids is 3. The van der Waals surface area contributed by atoms with Gasteiger partial charge in [-0.2, -0.15) is 0 Å². The highest BCUT2D eigenvalue weighted by atomic mass is 16.4. The van der Waals surface area contributed by atoms with Crippen LogP contribution in [-0.2, 0) is 25.6 Å². The molecule has 0 aromatic heterocycles. The number of aliphatic carboxylic acids is 1. The van der Waals surface area contributed by atoms with E-state index in [4.69, 9.17) is 10.8 Å². The Morgan fingerprint density at radius 3 is 2.06 bits per heavy atom. The zero-order valence-corrected chi connectivity index (χ0v) is 18.9. The monoisotopic (exact) mass is 450 g/mol. The molecule has 3 unspecified atom stereocenters. The lowest BCUT2D eigenvalue weighted by molar-refractivity contribution is -0.143. The van der Waals surface area contributed by atoms with Crippen LogP contribution in [0.2, 0.25) is 0 Å². The number of aromatic hydroxyl groups is 1. The van der Waals surface area contributed by atoms with E-state index in [1.807, 2.05) is 13.8 Å². The van der Waals surface area contributed by atoms with Gasteiger partial charge in [0.2, 0.25) is 17.7 Å². The zero-order chi connectivity index (χ0) is 24.4. The molecule has 3 amide bonds. The fourth-order valence-corrected chi connectivity index (χ4v) is 2.99. The topological polar surface area (TPSA) is 171 Å². The fourth-order valence-electron chi connectivity index (χ4n) is 2.99. The molecule has 0 aliphatic rings. The molecule has 1 rings (SSSR count). The molecule has 10 nitrogen and oxygen atoms in total. The Morgan fingerprint density at radius 1 is 0.969 bits per heavy atom. The molecule has 1 aromatic rings. The third kappa shape index (κ3) is 9.34. The number of phenols is 1. The van der Waals surface area contributed by atoms with Crippen molar-refractivity contribution < 1.29 is 29.4 Å². The van der Waals surface area contributed by atoms with E-state index in [1.165, 1.54) is 12.1 Å². The van der Waals surface area contributed by atoms with Crippen LogP contribution in [0.1, 0.15) is 39.7 Å². The molecule has 0 aliphatic heterocycles. The minimum Gasteiger partial charge on any atom is -0.508 e. The van der Waals surface area contributed by atoms with Crippen LogP contribution in [0, 0.1) is 11.8 Å². The molecule has 32 heavy (non-hydrogen) atoms. The predicted molar refractivity (Wildman–Crippen MR) is 119 cm³/mol. The van der Waals surface area contributed by atoms with Crippen molar-refractivity contribution in [3.05, 3.63) is 29.8 Å². The summed E-state index contributed by atoms with van der Waals surface area (Å²) in [6.07, 6.45) is 0.547. The van der Waals surface area contributed by atoms with Crippen molar-refractivity contribution in [3.63, 3.8) is 0 Å². The van der Waals surface area contributed by atoms with Crippen LogP contribution < -0.4 is 21.7 Å². The van der Waals surface area contributed by atoms with Crippen LogP contribution in [-0.4, -0.2) is 58.6 Å². The molecular formula is C22H34N4O6. The molecule has 0 saturated carbocycles. The largest absolute Gasteiger partial charge is 0.508 e. The first-order valence-corrected chi connectivity index (χ1v) is 10.5. The van der Waals surface area contributed by atoms with Crippen molar-refractivity contribution in [2.24, 2.45) is 17.6 Å². The Bertz CT molecular complexity index is 794. The van der Waals surface area contributed by atoms with Gasteiger partial charge in [0.05, 0.1) is 12.6 Å². The highest BCUT2D eigenvalue weighted by Gasteiger charge is 2.27. The van der Waals surface area contributed by atoms with Gasteiger partial charge in [-0.05, 0) is 42.4 Å². The van der Waals surface area contributed by atoms with Gasteiger partial charge >= 0.3 is 5.97 Å². The standard InChI is InChI=1S/C22H34N4O6/c1-12(2)9-17(21(30)24-11-18(28)26-19(13(3)4)22(31)32)25-20(29)16(23)10-14-5-7-15(27)8-6-14/h5-8,12-13,16-17,19,27H,9-11,23H2,1-4H3,(H,24,30)(H,25,29)(H,26,28)(H,31,32). The summed E-state index contributed by atoms with van der Waals surface area (Å²) in [7, 11) is 0. The minimum atomic E-state index is -1.16. The maximum absolute atomic E-state index is 12.6. The van der Waals surface area contributed by atoms with Crippen LogP contribution in [0.3, 0.4) is 0 Å². The molecule has 0 spiro atoms. The average Bonchev–Trinajstić information content (AvgIpc) is 2.70. The Morgan fingerprint density at radius 2 is 1.56 bits per heavy atom. The summed E-state index contributed by atoms with van der Waals surface area (Å²) in [6.45, 7) is 6.67. The van der Waals surface area contributed by atoms with Crippen LogP contribution >= 0.6 is 0 Å². The number of nitrogens with two attached hydrogens (primary N) is 1. The van der Waals surface area contributed by atoms with Crippen molar-refractivity contribution in [1.29, 1.82) is 0 Å². The zero-order valence-electron chi connectivity index (χ0n) is 18.9. The smallest absolute Gasteiger partial charge is 0.326 e. The molecule has 0 saturated heterocycles. The summed E-state index contributed by atoms with van der Waals surface area (Å²) in [4.78, 5) is 48.4. The van der Waals surface area contributed by atoms with Crippen molar-refractivity contribution in [2.45, 2.75) is 58.7 Å². The lowest BCUT2D eigenvalue weighted by Crippen LogP contribution is -2.54. The van der Waals surface area contributed by atoms with Gasteiger partial charge in [-0.1, -0.05) is 39.8 Å². The second kappa shape index (κ2) is 12.7. The fraction of sp³-hybridized carbons (Fsp3) is 0.545. The number of phenolic OH excluding ortho intramolecular Hbond substituents is 1. The van der Waals surface area contributed by atoms with Crippen LogP contribution in [0.25, 0.3) is 0 Å². The Kier molecular flexibility index (Phi) is 10.6. The minimum absolute atomic E-state index is 0.0746. The van der Waals surface area contributed by atoms with E-state index in [1.54, 1.807) is 26.0 Å². The van der Waals surface area contributed by atoms with Gasteiger partial charge < -0.3 is 31.9 Å². The van der Waals surface area contributed by atoms with Gasteiger partial charge in [0.15, 0.2) is 0 Å². The Hall–Kier alpha value is -3.14. The van der Waals surface area contributed by atoms with E-state index in [0.717, 1.165) is 5.56 Å². The van der Waals surface area contributed by atoms with Crippen molar-refractivity contribution >= 4 is 23.7 Å². The lowest BCUT2D eigenvalue weighted by atomic mass is 10.0. The highest BCUT2D eigenvalue weighted by Crippen LogP contribution is 2.11. The number of hydrogen-bond donors (Lipinski definition) is 6. The first-order chi connectivity index (χ1) is 14.9. The van der Waals surface area contributed by atoms with E-state index in [2.05, 4.69) is 16.0 Å². The maximum atomic E-state index is 12.6. The third-order valence-electron chi connectivity index (χ3n) is 4.74. The molecule has 0 aliphatic carbocycles. The first kappa shape index (κ1) is 26.9. The van der Waals surface area contributed by atoms with Gasteiger partial charge in [-0.15, -0.1) is 0 Å². The second-order valence-corrected chi connectivity index (χ2v) is 8.51. The van der Waals surface area contributed by atoms with E-state index in [0.29, 0.717) is 6.42 Å². The van der Waals surface area contributed by atoms with Gasteiger partial charge in [0, 0.05) is 0 Å². The number of carboxylic acid groups (broad SMARTS) is 1. The van der Waals surface area contributed by atoms with E-state index < -0.39 is 48.4 Å². The molecular weight excluding hydrogens is 416 g/mol. The third-order valence-corrected chi connectivity index (χ3v) is 4.74. The van der Waals surface area contributed by atoms with Crippen molar-refractivity contribution in [2.75, 3.05) is 6.54 Å². The van der Waals surface area contributed by atoms with E-state index in [-0.39, 0.29) is 24.0 Å². The summed E-state index contributed by atoms with van der Waals surface area (Å²) >= 11 is 0. The number of carboxylic acids is 1. The summed E-state index contributed by atoms with van der Waals surface area (Å²) in [5.74, 6) is -3.02. The molecule has 0 bridgehead atoms. The van der Waals surface area contributed by atoms with Crippen LogP contribution in [0.5, 0.6) is 5.75 Å². The van der Waals surface area contributed by atoms with Crippen LogP contribution in [0.15, 0.2) is 24.3 Å². The molecule has 0 fully saturated rings. The van der Waals surface area contributed by atoms with Crippen molar-refractivity contribution in [3.8, 4) is 5.75 Å². The molecule has 0 radical (unpaired) electrons. The Labute approximate surface area is 187 Å². The lowest BCUT2D eigenvalue weighted by Gasteiger charge is -2.23. The maximum Gasteiger partial charge on any atom is 0.326 e. The molecule has 10 heteroatoms. The van der Waals surface area contributed by atoms with Crippen LogP contribution in [0.4, 0.5) is 0 Å². The number of rotatable bonds is 12. The first-order valence-electron chi connectivity index (χ1n) is 10.5. The number of carbonyl (C=O) groups is 4. The molecule has 178 valence electrons. The highest BCUT2D eigenvalue weighted by molar-refractivity contribution is 5.92. The van der Waals surface area contributed by atoms with Gasteiger partial charge in [-0.3, -0.25) is 14.4 Å². The van der Waals surface area contributed by atoms with Gasteiger partial charge in [0.1, 0.15) is 17.8 Å². The van der Waals surface area contributed by atoms with E-state index in [9.17, 15) is 24.3 Å². The summed E-state index contributed by atoms with van der Waals surface area (Å²) in [6, 6.07) is 3.42. The molecule has 0 heterocycles. The summed E-state index contributed by atoms with van der Waals surface area (Å²) in [5, 5.41) is 25.9. The van der Waals surface area contributed by atoms with Crippen molar-refractivity contribution in [1.82, 2.24) is 16.0 Å². The quantitative estimate of drug-likeness (QED) is 0.263. The SMILES string of the molecule is CC(C)CC(NC(=O)C(N)Cc1ccc(O)cc1)C(=O)NCC(=O)NC(C(=O)O)C(C)C. The summed E-state index contributed by atoms with van der Waals surface area (Å²) < 4.78 is 0. The molecule has 1 aromatic carbocycles. The Balaban J connectivity index is 2.68. The van der Waals surface area contributed by atoms with E-state index >= 15 is 0 Å².